The van der Waals surface area contributed by atoms with E-state index in [1.54, 1.807) is 35.2 Å². The van der Waals surface area contributed by atoms with E-state index in [4.69, 9.17) is 4.74 Å². The second-order valence-corrected chi connectivity index (χ2v) is 9.90. The lowest BCUT2D eigenvalue weighted by Crippen LogP contribution is -2.52. The van der Waals surface area contributed by atoms with Gasteiger partial charge >= 0.3 is 0 Å². The van der Waals surface area contributed by atoms with Crippen LogP contribution >= 0.6 is 0 Å². The summed E-state index contributed by atoms with van der Waals surface area (Å²) in [5.74, 6) is -1.61. The molecule has 1 spiro atoms. The summed E-state index contributed by atoms with van der Waals surface area (Å²) >= 11 is 0. The maximum Gasteiger partial charge on any atom is 0.296 e. The van der Waals surface area contributed by atoms with Gasteiger partial charge in [-0.1, -0.05) is 18.2 Å². The first-order valence-corrected chi connectivity index (χ1v) is 12.4. The van der Waals surface area contributed by atoms with Crippen LogP contribution in [-0.2, 0) is 26.3 Å². The molecule has 3 heterocycles. The number of nitrogens with zero attached hydrogens (tertiary/aromatic N) is 3. The predicted octanol–water partition coefficient (Wildman–Crippen LogP) is 2.90. The Hall–Kier alpha value is -3.65. The molecule has 1 N–H and O–H groups in total. The molecule has 188 valence electrons. The number of para-hydroxylation sites is 1. The van der Waals surface area contributed by atoms with Gasteiger partial charge in [-0.2, -0.15) is 0 Å². The first kappa shape index (κ1) is 24.1. The number of benzene rings is 2. The zero-order chi connectivity index (χ0) is 25.8. The summed E-state index contributed by atoms with van der Waals surface area (Å²) < 4.78 is 5.78. The minimum absolute atomic E-state index is 0.0136. The minimum atomic E-state index is -1.71. The largest absolute Gasteiger partial charge is 0.507 e. The van der Waals surface area contributed by atoms with Crippen molar-refractivity contribution in [2.24, 2.45) is 0 Å². The van der Waals surface area contributed by atoms with Crippen LogP contribution in [0.25, 0.3) is 5.76 Å². The van der Waals surface area contributed by atoms with Crippen molar-refractivity contribution in [2.75, 3.05) is 38.6 Å². The summed E-state index contributed by atoms with van der Waals surface area (Å²) in [6.07, 6.45) is 1.25. The Morgan fingerprint density at radius 2 is 1.92 bits per heavy atom. The molecule has 1 fully saturated rings. The molecule has 3 aliphatic rings. The lowest BCUT2D eigenvalue weighted by Gasteiger charge is -2.34. The van der Waals surface area contributed by atoms with E-state index in [1.165, 1.54) is 4.90 Å². The van der Waals surface area contributed by atoms with Crippen molar-refractivity contribution in [3.05, 3.63) is 64.7 Å². The van der Waals surface area contributed by atoms with Crippen LogP contribution in [0, 0.1) is 0 Å². The van der Waals surface area contributed by atoms with Crippen molar-refractivity contribution in [3.63, 3.8) is 0 Å². The topological polar surface area (TPSA) is 90.4 Å². The molecule has 0 saturated carbocycles. The van der Waals surface area contributed by atoms with Crippen molar-refractivity contribution < 1.29 is 24.2 Å². The van der Waals surface area contributed by atoms with Crippen molar-refractivity contribution in [1.82, 2.24) is 9.80 Å². The van der Waals surface area contributed by atoms with Gasteiger partial charge in [0.2, 0.25) is 0 Å². The van der Waals surface area contributed by atoms with Gasteiger partial charge in [0, 0.05) is 30.6 Å². The number of rotatable bonds is 6. The molecule has 0 radical (unpaired) electrons. The Morgan fingerprint density at radius 1 is 1.17 bits per heavy atom. The zero-order valence-electron chi connectivity index (χ0n) is 21.1. The number of ketones is 1. The molecule has 2 aromatic carbocycles. The molecule has 5 rings (SSSR count). The molecule has 2 amide bonds. The number of carbonyl (C=O) groups excluding carboxylic acids is 3. The number of anilines is 1. The molecule has 8 heteroatoms. The molecule has 0 aromatic heterocycles. The van der Waals surface area contributed by atoms with E-state index in [0.717, 1.165) is 11.3 Å². The van der Waals surface area contributed by atoms with Gasteiger partial charge in [0.15, 0.2) is 5.54 Å². The lowest BCUT2D eigenvalue weighted by molar-refractivity contribution is -0.143. The van der Waals surface area contributed by atoms with Gasteiger partial charge in [0.1, 0.15) is 17.6 Å². The van der Waals surface area contributed by atoms with Crippen LogP contribution in [-0.4, -0.2) is 72.3 Å². The van der Waals surface area contributed by atoms with Crippen LogP contribution in [0.4, 0.5) is 5.69 Å². The number of aliphatic hydroxyl groups excluding tert-OH is 1. The second kappa shape index (κ2) is 8.78. The standard InChI is InChI=1S/C28H31N3O5/c1-5-30-21-10-7-6-9-20(21)28(27(30)35)23(25(33)26(34)31(28)14-8-13-29(3)4)24(32)18-11-12-22-19(16-18)15-17(2)36-22/h6-7,9-12,16-17,32H,5,8,13-15H2,1-4H3/t17?,28-/m0/s1. The molecule has 2 atom stereocenters. The highest BCUT2D eigenvalue weighted by atomic mass is 16.5. The third-order valence-electron chi connectivity index (χ3n) is 7.28. The molecule has 1 unspecified atom stereocenters. The number of Topliss-reactive ketones (excluding diaryl/α,β-unsaturated/α-hetero) is 1. The third-order valence-corrected chi connectivity index (χ3v) is 7.28. The Balaban J connectivity index is 1.74. The molecular formula is C28H31N3O5. The van der Waals surface area contributed by atoms with Gasteiger partial charge in [0.05, 0.1) is 11.3 Å². The van der Waals surface area contributed by atoms with Gasteiger partial charge in [-0.15, -0.1) is 0 Å². The normalized spacial score (nSPS) is 24.1. The number of carbonyl (C=O) groups is 3. The van der Waals surface area contributed by atoms with Crippen LogP contribution in [0.15, 0.2) is 48.0 Å². The van der Waals surface area contributed by atoms with E-state index in [-0.39, 0.29) is 24.0 Å². The highest BCUT2D eigenvalue weighted by Crippen LogP contribution is 2.53. The first-order valence-electron chi connectivity index (χ1n) is 12.4. The molecule has 0 bridgehead atoms. The molecule has 1 saturated heterocycles. The van der Waals surface area contributed by atoms with Gasteiger partial charge in [0.25, 0.3) is 17.6 Å². The number of likely N-dealkylation sites (tertiary alicyclic amines) is 1. The molecule has 2 aromatic rings. The summed E-state index contributed by atoms with van der Waals surface area (Å²) in [5, 5.41) is 11.6. The highest BCUT2D eigenvalue weighted by molar-refractivity contribution is 6.50. The van der Waals surface area contributed by atoms with Crippen molar-refractivity contribution in [3.8, 4) is 5.75 Å². The summed E-state index contributed by atoms with van der Waals surface area (Å²) in [5.41, 5.74) is 0.608. The van der Waals surface area contributed by atoms with E-state index in [9.17, 15) is 19.5 Å². The smallest absolute Gasteiger partial charge is 0.296 e. The number of aliphatic hydroxyl groups is 1. The number of hydrogen-bond donors (Lipinski definition) is 1. The lowest BCUT2D eigenvalue weighted by atomic mass is 9.81. The molecular weight excluding hydrogens is 458 g/mol. The molecule has 36 heavy (non-hydrogen) atoms. The van der Waals surface area contributed by atoms with E-state index in [2.05, 4.69) is 0 Å². The predicted molar refractivity (Wildman–Crippen MR) is 136 cm³/mol. The Labute approximate surface area is 210 Å². The van der Waals surface area contributed by atoms with Crippen LogP contribution in [0.1, 0.15) is 37.0 Å². The fourth-order valence-corrected chi connectivity index (χ4v) is 5.74. The van der Waals surface area contributed by atoms with Crippen LogP contribution < -0.4 is 9.64 Å². The van der Waals surface area contributed by atoms with Crippen LogP contribution in [0.5, 0.6) is 5.75 Å². The summed E-state index contributed by atoms with van der Waals surface area (Å²) in [7, 11) is 3.86. The fraction of sp³-hybridized carbons (Fsp3) is 0.393. The molecule has 0 aliphatic carbocycles. The van der Waals surface area contributed by atoms with Gasteiger partial charge in [-0.3, -0.25) is 14.4 Å². The highest BCUT2D eigenvalue weighted by Gasteiger charge is 2.66. The van der Waals surface area contributed by atoms with E-state index >= 15 is 0 Å². The number of amides is 2. The number of ether oxygens (including phenoxy) is 1. The van der Waals surface area contributed by atoms with Crippen LogP contribution in [0.3, 0.4) is 0 Å². The number of fused-ring (bicyclic) bond motifs is 3. The van der Waals surface area contributed by atoms with E-state index in [0.29, 0.717) is 42.7 Å². The average molecular weight is 490 g/mol. The SMILES string of the molecule is CCN1C(=O)[C@@]2(C(=C(O)c3ccc4c(c3)CC(C)O4)C(=O)C(=O)N2CCCN(C)C)c2ccccc21. The third kappa shape index (κ3) is 3.35. The zero-order valence-corrected chi connectivity index (χ0v) is 21.1. The van der Waals surface area contributed by atoms with Gasteiger partial charge < -0.3 is 24.5 Å². The van der Waals surface area contributed by atoms with Crippen molar-refractivity contribution in [1.29, 1.82) is 0 Å². The number of hydrogen-bond acceptors (Lipinski definition) is 6. The van der Waals surface area contributed by atoms with Crippen LogP contribution in [0.2, 0.25) is 0 Å². The summed E-state index contributed by atoms with van der Waals surface area (Å²) in [4.78, 5) is 46.3. The quantitative estimate of drug-likeness (QED) is 0.381. The van der Waals surface area contributed by atoms with E-state index < -0.39 is 23.1 Å². The Morgan fingerprint density at radius 3 is 2.64 bits per heavy atom. The molecule has 3 aliphatic heterocycles. The van der Waals surface area contributed by atoms with Crippen molar-refractivity contribution in [2.45, 2.75) is 38.3 Å². The fourth-order valence-electron chi connectivity index (χ4n) is 5.74. The summed E-state index contributed by atoms with van der Waals surface area (Å²) in [6.45, 7) is 5.06. The number of likely N-dealkylation sites (N-methyl/N-ethyl adjacent to an activating group) is 1. The van der Waals surface area contributed by atoms with E-state index in [1.807, 2.05) is 45.0 Å². The van der Waals surface area contributed by atoms with Gasteiger partial charge in [-0.05, 0) is 70.7 Å². The van der Waals surface area contributed by atoms with Gasteiger partial charge in [-0.25, -0.2) is 0 Å². The Bertz CT molecular complexity index is 1300. The first-order chi connectivity index (χ1) is 17.2. The monoisotopic (exact) mass is 489 g/mol. The molecule has 8 nitrogen and oxygen atoms in total. The average Bonchev–Trinajstić information content (AvgIpc) is 3.42. The second-order valence-electron chi connectivity index (χ2n) is 9.90. The summed E-state index contributed by atoms with van der Waals surface area (Å²) in [6, 6.07) is 12.4. The Kier molecular flexibility index (Phi) is 5.87. The maximum absolute atomic E-state index is 14.2. The minimum Gasteiger partial charge on any atom is -0.507 e. The maximum atomic E-state index is 14.2. The van der Waals surface area contributed by atoms with Crippen molar-refractivity contribution >= 4 is 29.0 Å².